The van der Waals surface area contributed by atoms with E-state index >= 15 is 0 Å². The zero-order valence-corrected chi connectivity index (χ0v) is 19.4. The molecule has 1 aromatic rings. The number of allylic oxidation sites excluding steroid dienone is 6. The van der Waals surface area contributed by atoms with Gasteiger partial charge in [0.1, 0.15) is 17.1 Å². The molecule has 160 valence electrons. The van der Waals surface area contributed by atoms with Gasteiger partial charge in [-0.05, 0) is 116 Å². The zero-order chi connectivity index (χ0) is 21.4. The Morgan fingerprint density at radius 2 is 1.62 bits per heavy atom. The third-order valence-electron chi connectivity index (χ3n) is 5.90. The lowest BCUT2D eigenvalue weighted by atomic mass is 9.87. The van der Waals surface area contributed by atoms with E-state index in [1.807, 2.05) is 13.0 Å². The van der Waals surface area contributed by atoms with Gasteiger partial charge in [-0.25, -0.2) is 0 Å². The van der Waals surface area contributed by atoms with E-state index in [2.05, 4.69) is 52.8 Å². The maximum absolute atomic E-state index is 9.80. The molecule has 1 unspecified atom stereocenters. The molecule has 0 aromatic heterocycles. The van der Waals surface area contributed by atoms with Crippen molar-refractivity contribution in [3.63, 3.8) is 0 Å². The topological polar surface area (TPSA) is 29.5 Å². The molecule has 1 heterocycles. The highest BCUT2D eigenvalue weighted by molar-refractivity contribution is 5.47. The highest BCUT2D eigenvalue weighted by Crippen LogP contribution is 2.39. The molecule has 0 bridgehead atoms. The van der Waals surface area contributed by atoms with Crippen LogP contribution in [-0.4, -0.2) is 10.7 Å². The van der Waals surface area contributed by atoms with E-state index in [-0.39, 0.29) is 5.60 Å². The van der Waals surface area contributed by atoms with Crippen molar-refractivity contribution in [2.45, 2.75) is 98.5 Å². The molecule has 29 heavy (non-hydrogen) atoms. The van der Waals surface area contributed by atoms with E-state index in [4.69, 9.17) is 4.74 Å². The Morgan fingerprint density at radius 1 is 1.00 bits per heavy atom. The zero-order valence-electron chi connectivity index (χ0n) is 19.4. The Hall–Kier alpha value is -1.96. The Morgan fingerprint density at radius 3 is 2.28 bits per heavy atom. The lowest BCUT2D eigenvalue weighted by molar-refractivity contribution is 0.0561. The predicted molar refractivity (Wildman–Crippen MR) is 125 cm³/mol. The monoisotopic (exact) mass is 396 g/mol. The third-order valence-corrected chi connectivity index (χ3v) is 5.90. The second-order valence-corrected chi connectivity index (χ2v) is 9.30. The molecule has 0 saturated carbocycles. The van der Waals surface area contributed by atoms with Crippen LogP contribution in [0.15, 0.2) is 47.1 Å². The molecule has 2 rings (SSSR count). The van der Waals surface area contributed by atoms with Crippen LogP contribution in [0.4, 0.5) is 0 Å². The van der Waals surface area contributed by atoms with Crippen molar-refractivity contribution < 1.29 is 9.84 Å². The van der Waals surface area contributed by atoms with E-state index in [9.17, 15) is 5.11 Å². The normalized spacial score (nSPS) is 19.5. The molecule has 0 radical (unpaired) electrons. The number of benzene rings is 1. The van der Waals surface area contributed by atoms with Gasteiger partial charge in [-0.3, -0.25) is 0 Å². The third kappa shape index (κ3) is 7.76. The van der Waals surface area contributed by atoms with Crippen molar-refractivity contribution >= 4 is 0 Å². The van der Waals surface area contributed by atoms with Crippen LogP contribution < -0.4 is 4.74 Å². The van der Waals surface area contributed by atoms with Crippen LogP contribution in [0.5, 0.6) is 11.5 Å². The maximum Gasteiger partial charge on any atom is 0.126 e. The minimum Gasteiger partial charge on any atom is -0.508 e. The minimum absolute atomic E-state index is 0.118. The van der Waals surface area contributed by atoms with Gasteiger partial charge >= 0.3 is 0 Å². The summed E-state index contributed by atoms with van der Waals surface area (Å²) < 4.78 is 6.40. The minimum atomic E-state index is -0.118. The Bertz CT molecular complexity index is 778. The first-order valence-corrected chi connectivity index (χ1v) is 11.1. The van der Waals surface area contributed by atoms with Crippen LogP contribution >= 0.6 is 0 Å². The van der Waals surface area contributed by atoms with Gasteiger partial charge in [-0.1, -0.05) is 34.9 Å². The van der Waals surface area contributed by atoms with Gasteiger partial charge in [-0.2, -0.15) is 0 Å². The van der Waals surface area contributed by atoms with Crippen molar-refractivity contribution in [1.29, 1.82) is 0 Å². The van der Waals surface area contributed by atoms with Crippen LogP contribution in [0.25, 0.3) is 0 Å². The van der Waals surface area contributed by atoms with E-state index < -0.39 is 0 Å². The number of rotatable bonds is 9. The molecule has 1 aliphatic rings. The lowest BCUT2D eigenvalue weighted by Gasteiger charge is -2.36. The fraction of sp³-hybridized carbons (Fsp3) is 0.556. The van der Waals surface area contributed by atoms with Gasteiger partial charge in [-0.15, -0.1) is 0 Å². The predicted octanol–water partition coefficient (Wildman–Crippen LogP) is 7.98. The number of phenols is 1. The van der Waals surface area contributed by atoms with Crippen molar-refractivity contribution in [2.75, 3.05) is 0 Å². The number of hydrogen-bond donors (Lipinski definition) is 1. The van der Waals surface area contributed by atoms with Crippen molar-refractivity contribution in [2.24, 2.45) is 0 Å². The molecule has 1 aliphatic heterocycles. The van der Waals surface area contributed by atoms with E-state index in [0.29, 0.717) is 5.75 Å². The molecule has 1 N–H and O–H groups in total. The summed E-state index contributed by atoms with van der Waals surface area (Å²) in [6.45, 7) is 13.1. The second-order valence-electron chi connectivity index (χ2n) is 9.30. The summed E-state index contributed by atoms with van der Waals surface area (Å²) in [6.07, 6.45) is 15.8. The van der Waals surface area contributed by atoms with Gasteiger partial charge in [0, 0.05) is 0 Å². The molecule has 0 saturated heterocycles. The van der Waals surface area contributed by atoms with E-state index in [0.717, 1.165) is 61.8 Å². The number of aryl methyl sites for hydroxylation is 2. The van der Waals surface area contributed by atoms with Crippen molar-refractivity contribution in [3.8, 4) is 11.5 Å². The number of hydrogen-bond acceptors (Lipinski definition) is 2. The van der Waals surface area contributed by atoms with Crippen LogP contribution in [0.3, 0.4) is 0 Å². The molecule has 0 spiro atoms. The largest absolute Gasteiger partial charge is 0.508 e. The Kier molecular flexibility index (Phi) is 8.61. The van der Waals surface area contributed by atoms with E-state index in [1.165, 1.54) is 23.1 Å². The molecule has 0 aliphatic carbocycles. The van der Waals surface area contributed by atoms with Gasteiger partial charge in [0.05, 0.1) is 0 Å². The molecule has 2 nitrogen and oxygen atoms in total. The number of phenolic OH excluding ortho intramolecular Hbond substituents is 1. The quantitative estimate of drug-likeness (QED) is 0.429. The number of aromatic hydroxyl groups is 1. The van der Waals surface area contributed by atoms with Crippen LogP contribution in [0.2, 0.25) is 0 Å². The summed E-state index contributed by atoms with van der Waals surface area (Å²) in [5.41, 5.74) is 6.43. The van der Waals surface area contributed by atoms with Gasteiger partial charge in [0.25, 0.3) is 0 Å². The summed E-state index contributed by atoms with van der Waals surface area (Å²) in [4.78, 5) is 0. The Labute approximate surface area is 178 Å². The fourth-order valence-corrected chi connectivity index (χ4v) is 3.99. The van der Waals surface area contributed by atoms with Crippen molar-refractivity contribution in [3.05, 3.63) is 58.2 Å². The molecule has 0 amide bonds. The molecule has 0 fully saturated rings. The maximum atomic E-state index is 9.80. The molecule has 1 aromatic carbocycles. The average molecular weight is 397 g/mol. The lowest BCUT2D eigenvalue weighted by Crippen LogP contribution is -2.36. The average Bonchev–Trinajstić information content (AvgIpc) is 2.62. The summed E-state index contributed by atoms with van der Waals surface area (Å²) in [5, 5.41) is 9.80. The summed E-state index contributed by atoms with van der Waals surface area (Å²) in [7, 11) is 0. The van der Waals surface area contributed by atoms with E-state index in [1.54, 1.807) is 6.07 Å². The summed E-state index contributed by atoms with van der Waals surface area (Å²) in [6, 6.07) is 3.64. The highest BCUT2D eigenvalue weighted by atomic mass is 16.5. The molecule has 2 heteroatoms. The summed E-state index contributed by atoms with van der Waals surface area (Å²) in [5.74, 6) is 1.32. The van der Waals surface area contributed by atoms with Crippen LogP contribution in [0.1, 0.15) is 90.7 Å². The van der Waals surface area contributed by atoms with Crippen molar-refractivity contribution in [1.82, 2.24) is 0 Å². The second kappa shape index (κ2) is 10.7. The fourth-order valence-electron chi connectivity index (χ4n) is 3.99. The molecule has 1 atom stereocenters. The number of ether oxygens (including phenoxy) is 1. The first-order valence-electron chi connectivity index (χ1n) is 11.1. The number of fused-ring (bicyclic) bond motifs is 1. The standard InChI is InChI=1S/C27H40O2/c1-20(2)10-7-11-21(3)12-8-13-22(4)14-9-16-27(6)17-15-24-19-25(28)18-23(5)26(24)29-27/h10,12,14,18-19,28H,7-9,11,13,15-17H2,1-6H3/b21-12+,22-14+. The first kappa shape index (κ1) is 23.3. The molecular weight excluding hydrogens is 356 g/mol. The van der Waals surface area contributed by atoms with Gasteiger partial charge in [0.15, 0.2) is 0 Å². The van der Waals surface area contributed by atoms with Gasteiger partial charge in [0.2, 0.25) is 0 Å². The SMILES string of the molecule is CC(C)=CCC/C(C)=C/CC/C(C)=C/CCC1(C)CCc2cc(O)cc(C)c2O1. The van der Waals surface area contributed by atoms with Gasteiger partial charge < -0.3 is 9.84 Å². The smallest absolute Gasteiger partial charge is 0.126 e. The molecular formula is C27H40O2. The Balaban J connectivity index is 1.79. The first-order chi connectivity index (χ1) is 13.7. The van der Waals surface area contributed by atoms with Crippen LogP contribution in [-0.2, 0) is 6.42 Å². The van der Waals surface area contributed by atoms with Crippen LogP contribution in [0, 0.1) is 6.92 Å². The summed E-state index contributed by atoms with van der Waals surface area (Å²) >= 11 is 0. The highest BCUT2D eigenvalue weighted by Gasteiger charge is 2.31.